The molecule has 1 unspecified atom stereocenters. The molecule has 1 aliphatic rings. The molecular weight excluding hydrogens is 327 g/mol. The van der Waals surface area contributed by atoms with Gasteiger partial charge >= 0.3 is 0 Å². The van der Waals surface area contributed by atoms with Crippen molar-refractivity contribution in [3.8, 4) is 0 Å². The molecular formula is C15H18Cl2N2O3. The number of carbonyl (C=O) groups excluding carboxylic acids is 2. The van der Waals surface area contributed by atoms with Crippen LogP contribution in [0.3, 0.4) is 0 Å². The van der Waals surface area contributed by atoms with E-state index in [-0.39, 0.29) is 24.9 Å². The number of aliphatic hydroxyl groups is 1. The van der Waals surface area contributed by atoms with Gasteiger partial charge in [-0.25, -0.2) is 0 Å². The molecule has 0 aromatic heterocycles. The van der Waals surface area contributed by atoms with E-state index in [0.29, 0.717) is 28.6 Å². The molecule has 1 aromatic rings. The Labute approximate surface area is 139 Å². The van der Waals surface area contributed by atoms with E-state index in [0.717, 1.165) is 12.8 Å². The van der Waals surface area contributed by atoms with Crippen LogP contribution in [0.15, 0.2) is 18.2 Å². The van der Waals surface area contributed by atoms with Crippen LogP contribution in [-0.2, 0) is 9.59 Å². The van der Waals surface area contributed by atoms with E-state index < -0.39 is 6.10 Å². The second-order valence-electron chi connectivity index (χ2n) is 5.23. The summed E-state index contributed by atoms with van der Waals surface area (Å²) in [6, 6.07) is 4.93. The molecule has 2 N–H and O–H groups in total. The van der Waals surface area contributed by atoms with E-state index in [9.17, 15) is 14.7 Å². The number of likely N-dealkylation sites (tertiary alicyclic amines) is 1. The Morgan fingerprint density at radius 3 is 2.64 bits per heavy atom. The molecule has 1 aliphatic heterocycles. The molecule has 2 rings (SSSR count). The van der Waals surface area contributed by atoms with Crippen LogP contribution in [-0.4, -0.2) is 41.5 Å². The molecule has 2 amide bonds. The lowest BCUT2D eigenvalue weighted by atomic mass is 10.1. The SMILES string of the molecule is O=C(CN1CCCCC1=O)NCC(O)c1c(Cl)cccc1Cl. The van der Waals surface area contributed by atoms with E-state index >= 15 is 0 Å². The summed E-state index contributed by atoms with van der Waals surface area (Å²) in [4.78, 5) is 25.1. The van der Waals surface area contributed by atoms with Crippen molar-refractivity contribution in [2.45, 2.75) is 25.4 Å². The van der Waals surface area contributed by atoms with Crippen molar-refractivity contribution in [2.24, 2.45) is 0 Å². The molecule has 22 heavy (non-hydrogen) atoms. The van der Waals surface area contributed by atoms with Crippen LogP contribution in [0.5, 0.6) is 0 Å². The van der Waals surface area contributed by atoms with Gasteiger partial charge in [-0.05, 0) is 25.0 Å². The van der Waals surface area contributed by atoms with Crippen molar-refractivity contribution in [2.75, 3.05) is 19.6 Å². The van der Waals surface area contributed by atoms with Gasteiger partial charge in [0, 0.05) is 35.1 Å². The molecule has 0 bridgehead atoms. The molecule has 0 radical (unpaired) electrons. The first-order chi connectivity index (χ1) is 10.5. The first kappa shape index (κ1) is 17.1. The third kappa shape index (κ3) is 4.35. The van der Waals surface area contributed by atoms with E-state index in [1.165, 1.54) is 4.90 Å². The van der Waals surface area contributed by atoms with Gasteiger partial charge in [0.15, 0.2) is 0 Å². The van der Waals surface area contributed by atoms with Crippen molar-refractivity contribution in [3.63, 3.8) is 0 Å². The number of nitrogens with one attached hydrogen (secondary N) is 1. The van der Waals surface area contributed by atoms with Gasteiger partial charge in [0.2, 0.25) is 11.8 Å². The molecule has 1 aromatic carbocycles. The van der Waals surface area contributed by atoms with Crippen molar-refractivity contribution in [1.82, 2.24) is 10.2 Å². The smallest absolute Gasteiger partial charge is 0.239 e. The van der Waals surface area contributed by atoms with Crippen LogP contribution >= 0.6 is 23.2 Å². The fourth-order valence-corrected chi connectivity index (χ4v) is 3.05. The lowest BCUT2D eigenvalue weighted by Crippen LogP contribution is -2.43. The Morgan fingerprint density at radius 2 is 2.00 bits per heavy atom. The third-order valence-corrected chi connectivity index (χ3v) is 4.24. The summed E-state index contributed by atoms with van der Waals surface area (Å²) < 4.78 is 0. The number of nitrogens with zero attached hydrogens (tertiary/aromatic N) is 1. The van der Waals surface area contributed by atoms with E-state index in [2.05, 4.69) is 5.32 Å². The van der Waals surface area contributed by atoms with Gasteiger partial charge < -0.3 is 15.3 Å². The highest BCUT2D eigenvalue weighted by Crippen LogP contribution is 2.29. The van der Waals surface area contributed by atoms with Crippen LogP contribution in [0, 0.1) is 0 Å². The highest BCUT2D eigenvalue weighted by atomic mass is 35.5. The zero-order valence-corrected chi connectivity index (χ0v) is 13.5. The van der Waals surface area contributed by atoms with E-state index in [1.807, 2.05) is 0 Å². The van der Waals surface area contributed by atoms with Gasteiger partial charge in [0.1, 0.15) is 0 Å². The molecule has 5 nitrogen and oxygen atoms in total. The molecule has 1 heterocycles. The van der Waals surface area contributed by atoms with Crippen molar-refractivity contribution >= 4 is 35.0 Å². The molecule has 0 saturated carbocycles. The predicted octanol–water partition coefficient (Wildman–Crippen LogP) is 2.16. The van der Waals surface area contributed by atoms with Crippen LogP contribution in [0.25, 0.3) is 0 Å². The summed E-state index contributed by atoms with van der Waals surface area (Å²) in [5.41, 5.74) is 0.389. The van der Waals surface area contributed by atoms with Gasteiger partial charge in [0.05, 0.1) is 12.6 Å². The van der Waals surface area contributed by atoms with Gasteiger partial charge in [0.25, 0.3) is 0 Å². The number of rotatable bonds is 5. The zero-order chi connectivity index (χ0) is 16.1. The Bertz CT molecular complexity index is 545. The van der Waals surface area contributed by atoms with Gasteiger partial charge in [-0.2, -0.15) is 0 Å². The molecule has 0 spiro atoms. The lowest BCUT2D eigenvalue weighted by molar-refractivity contribution is -0.137. The minimum Gasteiger partial charge on any atom is -0.386 e. The van der Waals surface area contributed by atoms with Crippen LogP contribution in [0.4, 0.5) is 0 Å². The van der Waals surface area contributed by atoms with Crippen molar-refractivity contribution in [1.29, 1.82) is 0 Å². The Morgan fingerprint density at radius 1 is 1.32 bits per heavy atom. The fraction of sp³-hybridized carbons (Fsp3) is 0.467. The van der Waals surface area contributed by atoms with Crippen LogP contribution in [0.2, 0.25) is 10.0 Å². The maximum atomic E-state index is 11.9. The average molecular weight is 345 g/mol. The minimum absolute atomic E-state index is 0.00361. The first-order valence-electron chi connectivity index (χ1n) is 7.15. The van der Waals surface area contributed by atoms with Crippen LogP contribution < -0.4 is 5.32 Å². The summed E-state index contributed by atoms with van der Waals surface area (Å²) >= 11 is 12.0. The largest absolute Gasteiger partial charge is 0.386 e. The average Bonchev–Trinajstić information content (AvgIpc) is 2.47. The number of halogens is 2. The second-order valence-corrected chi connectivity index (χ2v) is 6.04. The number of benzene rings is 1. The lowest BCUT2D eigenvalue weighted by Gasteiger charge is -2.26. The maximum Gasteiger partial charge on any atom is 0.239 e. The molecule has 1 atom stereocenters. The zero-order valence-electron chi connectivity index (χ0n) is 12.0. The van der Waals surface area contributed by atoms with E-state index in [1.54, 1.807) is 18.2 Å². The number of amides is 2. The summed E-state index contributed by atoms with van der Waals surface area (Å²) in [6.07, 6.45) is 1.28. The monoisotopic (exact) mass is 344 g/mol. The van der Waals surface area contributed by atoms with Gasteiger partial charge in [-0.3, -0.25) is 9.59 Å². The summed E-state index contributed by atoms with van der Waals surface area (Å²) in [5.74, 6) is -0.312. The van der Waals surface area contributed by atoms with E-state index in [4.69, 9.17) is 23.2 Å². The number of piperidine rings is 1. The van der Waals surface area contributed by atoms with Crippen molar-refractivity contribution < 1.29 is 14.7 Å². The highest BCUT2D eigenvalue weighted by Gasteiger charge is 2.21. The Kier molecular flexibility index (Phi) is 6.06. The van der Waals surface area contributed by atoms with Crippen LogP contribution in [0.1, 0.15) is 30.9 Å². The van der Waals surface area contributed by atoms with Gasteiger partial charge in [-0.1, -0.05) is 29.3 Å². The Hall–Kier alpha value is -1.30. The first-order valence-corrected chi connectivity index (χ1v) is 7.91. The molecule has 1 saturated heterocycles. The normalized spacial score (nSPS) is 16.5. The third-order valence-electron chi connectivity index (χ3n) is 3.58. The summed E-state index contributed by atoms with van der Waals surface area (Å²) in [7, 11) is 0. The number of carbonyl (C=O) groups is 2. The predicted molar refractivity (Wildman–Crippen MR) is 84.9 cm³/mol. The topological polar surface area (TPSA) is 69.6 Å². The molecule has 120 valence electrons. The molecule has 1 fully saturated rings. The maximum absolute atomic E-state index is 11.9. The summed E-state index contributed by atoms with van der Waals surface area (Å²) in [6.45, 7) is 0.608. The van der Waals surface area contributed by atoms with Gasteiger partial charge in [-0.15, -0.1) is 0 Å². The number of hydrogen-bond acceptors (Lipinski definition) is 3. The summed E-state index contributed by atoms with van der Waals surface area (Å²) in [5, 5.41) is 13.4. The highest BCUT2D eigenvalue weighted by molar-refractivity contribution is 6.36. The van der Waals surface area contributed by atoms with Crippen molar-refractivity contribution in [3.05, 3.63) is 33.8 Å². The number of aliphatic hydroxyl groups excluding tert-OH is 1. The second kappa shape index (κ2) is 7.81. The standard InChI is InChI=1S/C15H18Cl2N2O3/c16-10-4-3-5-11(17)15(10)12(20)8-18-13(21)9-19-7-2-1-6-14(19)22/h3-5,12,20H,1-2,6-9H2,(H,18,21). The molecule has 0 aliphatic carbocycles. The quantitative estimate of drug-likeness (QED) is 0.859. The number of hydrogen-bond donors (Lipinski definition) is 2. The fourth-order valence-electron chi connectivity index (χ4n) is 2.40. The minimum atomic E-state index is -0.998. The molecule has 7 heteroatoms. The Balaban J connectivity index is 1.86.